The predicted molar refractivity (Wildman–Crippen MR) is 98.5 cm³/mol. The lowest BCUT2D eigenvalue weighted by molar-refractivity contribution is -0.137. The summed E-state index contributed by atoms with van der Waals surface area (Å²) < 4.78 is 4.89. The van der Waals surface area contributed by atoms with E-state index in [2.05, 4.69) is 9.97 Å². The molecule has 1 fully saturated rings. The zero-order chi connectivity index (χ0) is 18.2. The molecule has 0 aliphatic carbocycles. The van der Waals surface area contributed by atoms with Crippen LogP contribution < -0.4 is 5.56 Å². The first-order valence-electron chi connectivity index (χ1n) is 8.08. The number of carbonyl (C=O) groups is 2. The van der Waals surface area contributed by atoms with Crippen LogP contribution in [-0.2, 0) is 20.7 Å². The van der Waals surface area contributed by atoms with Crippen molar-refractivity contribution in [2.45, 2.75) is 31.8 Å². The summed E-state index contributed by atoms with van der Waals surface area (Å²) in [5, 5.41) is 1.15. The summed E-state index contributed by atoms with van der Waals surface area (Å²) in [6.07, 6.45) is 3.03. The van der Waals surface area contributed by atoms with Crippen molar-refractivity contribution < 1.29 is 14.3 Å². The van der Waals surface area contributed by atoms with E-state index in [9.17, 15) is 14.4 Å². The molecule has 0 saturated carbocycles. The van der Waals surface area contributed by atoms with Crippen LogP contribution in [0.1, 0.15) is 26.0 Å². The Morgan fingerprint density at radius 2 is 2.28 bits per heavy atom. The van der Waals surface area contributed by atoms with Gasteiger partial charge in [-0.1, -0.05) is 36.9 Å². The summed E-state index contributed by atoms with van der Waals surface area (Å²) in [4.78, 5) is 43.9. The van der Waals surface area contributed by atoms with Crippen LogP contribution in [0.2, 0.25) is 0 Å². The fourth-order valence-corrected chi connectivity index (χ4v) is 4.00. The molecule has 0 bridgehead atoms. The van der Waals surface area contributed by atoms with E-state index in [1.807, 2.05) is 6.92 Å². The van der Waals surface area contributed by atoms with E-state index in [4.69, 9.17) is 4.74 Å². The Balaban J connectivity index is 1.96. The zero-order valence-electron chi connectivity index (χ0n) is 14.2. The van der Waals surface area contributed by atoms with Gasteiger partial charge in [-0.3, -0.25) is 9.59 Å². The molecular weight excluding hydrogens is 362 g/mol. The van der Waals surface area contributed by atoms with Crippen LogP contribution in [0.3, 0.4) is 0 Å². The normalized spacial score (nSPS) is 15.8. The van der Waals surface area contributed by atoms with Gasteiger partial charge in [0.05, 0.1) is 23.5 Å². The van der Waals surface area contributed by atoms with Gasteiger partial charge >= 0.3 is 5.97 Å². The number of nitrogens with one attached hydrogen (secondary N) is 1. The smallest absolute Gasteiger partial charge is 0.333 e. The van der Waals surface area contributed by atoms with Crippen molar-refractivity contribution in [1.29, 1.82) is 0 Å². The van der Waals surface area contributed by atoms with Crippen molar-refractivity contribution in [2.24, 2.45) is 0 Å². The Hall–Kier alpha value is -1.74. The summed E-state index contributed by atoms with van der Waals surface area (Å²) >= 11 is 2.71. The van der Waals surface area contributed by atoms with Crippen molar-refractivity contribution in [3.8, 4) is 0 Å². The summed E-state index contributed by atoms with van der Waals surface area (Å²) in [6, 6.07) is 1.51. The molecule has 1 aliphatic heterocycles. The second-order valence-electron chi connectivity index (χ2n) is 5.21. The summed E-state index contributed by atoms with van der Waals surface area (Å²) in [7, 11) is 0. The van der Waals surface area contributed by atoms with Crippen LogP contribution in [0.25, 0.3) is 0 Å². The highest BCUT2D eigenvalue weighted by Gasteiger charge is 2.27. The topological polar surface area (TPSA) is 92.4 Å². The maximum atomic E-state index is 12.0. The molecule has 9 heteroatoms. The average molecular weight is 383 g/mol. The van der Waals surface area contributed by atoms with E-state index in [1.165, 1.54) is 35.7 Å². The van der Waals surface area contributed by atoms with Gasteiger partial charge in [0.15, 0.2) is 5.16 Å². The number of rotatable bonds is 8. The highest BCUT2D eigenvalue weighted by Crippen LogP contribution is 2.29. The van der Waals surface area contributed by atoms with Gasteiger partial charge in [-0.25, -0.2) is 9.78 Å². The molecule has 1 aliphatic rings. The molecule has 136 valence electrons. The van der Waals surface area contributed by atoms with Gasteiger partial charge in [-0.2, -0.15) is 0 Å². The monoisotopic (exact) mass is 383 g/mol. The van der Waals surface area contributed by atoms with Gasteiger partial charge in [-0.15, -0.1) is 0 Å². The lowest BCUT2D eigenvalue weighted by Gasteiger charge is -2.16. The number of ether oxygens (including phenoxy) is 1. The molecule has 0 radical (unpaired) electrons. The Morgan fingerprint density at radius 3 is 3.00 bits per heavy atom. The maximum Gasteiger partial charge on any atom is 0.333 e. The number of H-pyrrole nitrogens is 1. The third-order valence-electron chi connectivity index (χ3n) is 3.27. The second-order valence-corrected chi connectivity index (χ2v) is 7.29. The van der Waals surface area contributed by atoms with Gasteiger partial charge in [0.1, 0.15) is 0 Å². The fraction of sp³-hybridized carbons (Fsp3) is 0.500. The van der Waals surface area contributed by atoms with Crippen LogP contribution in [0.4, 0.5) is 0 Å². The van der Waals surface area contributed by atoms with Crippen LogP contribution >= 0.6 is 23.5 Å². The Bertz CT molecular complexity index is 718. The van der Waals surface area contributed by atoms with Gasteiger partial charge in [0.25, 0.3) is 5.56 Å². The molecule has 2 rings (SSSR count). The highest BCUT2D eigenvalue weighted by molar-refractivity contribution is 8.04. The molecule has 1 aromatic rings. The fourth-order valence-electron chi connectivity index (χ4n) is 2.22. The Kier molecular flexibility index (Phi) is 7.57. The molecule has 7 nitrogen and oxygen atoms in total. The van der Waals surface area contributed by atoms with Gasteiger partial charge in [0.2, 0.25) is 5.91 Å². The van der Waals surface area contributed by atoms with Crippen molar-refractivity contribution in [1.82, 2.24) is 14.9 Å². The zero-order valence-corrected chi connectivity index (χ0v) is 15.9. The lowest BCUT2D eigenvalue weighted by Crippen LogP contribution is -2.27. The quantitative estimate of drug-likeness (QED) is 0.317. The number of nitrogens with zero attached hydrogens (tertiary/aromatic N) is 2. The largest absolute Gasteiger partial charge is 0.463 e. The number of aromatic nitrogens is 2. The third-order valence-corrected chi connectivity index (χ3v) is 5.15. The molecule has 0 atom stereocenters. The van der Waals surface area contributed by atoms with Crippen molar-refractivity contribution in [3.05, 3.63) is 33.2 Å². The Labute approximate surface area is 154 Å². The molecule has 0 aromatic carbocycles. The first-order chi connectivity index (χ1) is 12.0. The number of amides is 1. The predicted octanol–water partition coefficient (Wildman–Crippen LogP) is 1.79. The molecule has 1 N–H and O–H groups in total. The third kappa shape index (κ3) is 5.93. The van der Waals surface area contributed by atoms with Crippen molar-refractivity contribution >= 4 is 35.4 Å². The highest BCUT2D eigenvalue weighted by atomic mass is 32.2. The summed E-state index contributed by atoms with van der Waals surface area (Å²) in [5.74, 6) is 0.389. The second kappa shape index (κ2) is 9.67. The van der Waals surface area contributed by atoms with Gasteiger partial charge < -0.3 is 14.6 Å². The van der Waals surface area contributed by atoms with E-state index >= 15 is 0 Å². The van der Waals surface area contributed by atoms with E-state index in [0.29, 0.717) is 34.8 Å². The molecule has 0 unspecified atom stereocenters. The molecule has 1 amide bonds. The molecular formula is C16H21N3O4S2. The van der Waals surface area contributed by atoms with Crippen LogP contribution in [0.15, 0.2) is 27.1 Å². The Morgan fingerprint density at radius 1 is 1.48 bits per heavy atom. The first-order valence-corrected chi connectivity index (χ1v) is 10.0. The maximum absolute atomic E-state index is 12.0. The van der Waals surface area contributed by atoms with Gasteiger partial charge in [0, 0.05) is 24.1 Å². The van der Waals surface area contributed by atoms with E-state index in [-0.39, 0.29) is 11.5 Å². The standard InChI is InChI=1S/C16H21N3O4S2/c1-3-5-11-8-12(20)18-16(17-11)24-7-6-19-13(21)10-25-14(19)9-15(22)23-4-2/h8-9H,3-7,10H2,1-2H3,(H,17,18,20)/b14-9-. The number of hydrogen-bond donors (Lipinski definition) is 1. The summed E-state index contributed by atoms with van der Waals surface area (Å²) in [6.45, 7) is 4.50. The number of carbonyl (C=O) groups excluding carboxylic acids is 2. The average Bonchev–Trinajstić information content (AvgIpc) is 2.88. The van der Waals surface area contributed by atoms with E-state index in [1.54, 1.807) is 11.8 Å². The molecule has 25 heavy (non-hydrogen) atoms. The van der Waals surface area contributed by atoms with E-state index in [0.717, 1.165) is 18.5 Å². The first kappa shape index (κ1) is 19.6. The lowest BCUT2D eigenvalue weighted by atomic mass is 10.2. The number of aromatic amines is 1. The van der Waals surface area contributed by atoms with Crippen molar-refractivity contribution in [3.63, 3.8) is 0 Å². The van der Waals surface area contributed by atoms with Crippen LogP contribution in [0, 0.1) is 0 Å². The molecule has 2 heterocycles. The number of thioether (sulfide) groups is 2. The number of hydrogen-bond acceptors (Lipinski definition) is 7. The minimum absolute atomic E-state index is 0.0395. The molecule has 1 aromatic heterocycles. The molecule has 0 spiro atoms. The van der Waals surface area contributed by atoms with Crippen LogP contribution in [0.5, 0.6) is 0 Å². The van der Waals surface area contributed by atoms with E-state index < -0.39 is 5.97 Å². The van der Waals surface area contributed by atoms with Gasteiger partial charge in [-0.05, 0) is 13.3 Å². The minimum Gasteiger partial charge on any atom is -0.463 e. The molecule has 1 saturated heterocycles. The number of aryl methyl sites for hydroxylation is 1. The minimum atomic E-state index is -0.449. The SMILES string of the molecule is CCCc1cc(=O)[nH]c(SCCN2C(=O)CS/C2=C\C(=O)OCC)n1. The summed E-state index contributed by atoms with van der Waals surface area (Å²) in [5.41, 5.74) is 0.598. The van der Waals surface area contributed by atoms with Crippen LogP contribution in [-0.4, -0.2) is 51.4 Å². The van der Waals surface area contributed by atoms with Crippen molar-refractivity contribution in [2.75, 3.05) is 24.7 Å². The number of esters is 1.